The minimum absolute atomic E-state index is 0.159. The maximum Gasteiger partial charge on any atom is 0.183 e. The molecule has 0 saturated heterocycles. The number of hydrogen-bond acceptors (Lipinski definition) is 3. The molecule has 0 radical (unpaired) electrons. The lowest BCUT2D eigenvalue weighted by molar-refractivity contribution is 0.0612. The summed E-state index contributed by atoms with van der Waals surface area (Å²) in [6, 6.07) is 15.7. The lowest BCUT2D eigenvalue weighted by Gasteiger charge is -2.42. The van der Waals surface area contributed by atoms with E-state index in [2.05, 4.69) is 23.1 Å². The van der Waals surface area contributed by atoms with E-state index in [1.807, 2.05) is 44.3 Å². The van der Waals surface area contributed by atoms with Gasteiger partial charge in [-0.2, -0.15) is 0 Å². The fourth-order valence-corrected chi connectivity index (χ4v) is 3.13. The molecule has 0 amide bonds. The van der Waals surface area contributed by atoms with E-state index in [0.717, 1.165) is 24.3 Å². The summed E-state index contributed by atoms with van der Waals surface area (Å²) in [4.78, 5) is 15.2. The Morgan fingerprint density at radius 2 is 1.73 bits per heavy atom. The third-order valence-electron chi connectivity index (χ3n) is 4.74. The van der Waals surface area contributed by atoms with E-state index in [-0.39, 0.29) is 5.78 Å². The first-order chi connectivity index (χ1) is 10.5. The highest BCUT2D eigenvalue weighted by Gasteiger charge is 2.41. The fraction of sp³-hybridized carbons (Fsp3) is 0.316. The number of rotatable bonds is 3. The minimum atomic E-state index is -0.511. The number of methoxy groups -OCH3 is 1. The molecule has 2 aromatic carbocycles. The summed E-state index contributed by atoms with van der Waals surface area (Å²) in [6.07, 6.45) is 0.741. The molecule has 0 N–H and O–H groups in total. The molecule has 0 bridgehead atoms. The normalized spacial score (nSPS) is 21.2. The maximum atomic E-state index is 13.1. The van der Waals surface area contributed by atoms with Crippen molar-refractivity contribution in [1.82, 2.24) is 4.90 Å². The summed E-state index contributed by atoms with van der Waals surface area (Å²) in [5.41, 5.74) is 2.80. The first kappa shape index (κ1) is 14.8. The quantitative estimate of drug-likeness (QED) is 0.814. The Labute approximate surface area is 131 Å². The SMILES string of the molecule is COc1ccc(C(=O)C2(C)Cc3ccccc3CN2C)cc1. The number of carbonyl (C=O) groups is 1. The van der Waals surface area contributed by atoms with Crippen molar-refractivity contribution in [3.05, 3.63) is 65.2 Å². The number of ketones is 1. The van der Waals surface area contributed by atoms with Gasteiger partial charge in [0.25, 0.3) is 0 Å². The van der Waals surface area contributed by atoms with E-state index in [1.54, 1.807) is 7.11 Å². The van der Waals surface area contributed by atoms with Crippen LogP contribution in [-0.2, 0) is 13.0 Å². The lowest BCUT2D eigenvalue weighted by atomic mass is 9.79. The Kier molecular flexibility index (Phi) is 3.75. The van der Waals surface area contributed by atoms with Crippen LogP contribution < -0.4 is 4.74 Å². The summed E-state index contributed by atoms with van der Waals surface area (Å²) in [5.74, 6) is 0.927. The molecule has 0 fully saturated rings. The number of ether oxygens (including phenoxy) is 1. The number of fused-ring (bicyclic) bond motifs is 1. The molecule has 0 spiro atoms. The zero-order valence-electron chi connectivity index (χ0n) is 13.3. The van der Waals surface area contributed by atoms with Gasteiger partial charge in [0.1, 0.15) is 5.75 Å². The van der Waals surface area contributed by atoms with Crippen molar-refractivity contribution >= 4 is 5.78 Å². The Balaban J connectivity index is 1.93. The first-order valence-corrected chi connectivity index (χ1v) is 7.51. The topological polar surface area (TPSA) is 29.5 Å². The second kappa shape index (κ2) is 5.58. The molecule has 1 aliphatic rings. The molecule has 114 valence electrons. The third kappa shape index (κ3) is 2.42. The van der Waals surface area contributed by atoms with Gasteiger partial charge in [0.05, 0.1) is 12.6 Å². The van der Waals surface area contributed by atoms with Gasteiger partial charge in [0, 0.05) is 12.1 Å². The Morgan fingerprint density at radius 1 is 1.09 bits per heavy atom. The number of Topliss-reactive ketones (excluding diaryl/α,β-unsaturated/α-hetero) is 1. The summed E-state index contributed by atoms with van der Waals surface area (Å²) >= 11 is 0. The monoisotopic (exact) mass is 295 g/mol. The molecule has 0 aromatic heterocycles. The van der Waals surface area contributed by atoms with Gasteiger partial charge >= 0.3 is 0 Å². The molecule has 1 aliphatic heterocycles. The van der Waals surface area contributed by atoms with Crippen LogP contribution in [0.15, 0.2) is 48.5 Å². The number of nitrogens with zero attached hydrogens (tertiary/aromatic N) is 1. The van der Waals surface area contributed by atoms with Crippen LogP contribution in [-0.4, -0.2) is 30.4 Å². The van der Waals surface area contributed by atoms with Crippen LogP contribution in [0.2, 0.25) is 0 Å². The van der Waals surface area contributed by atoms with Crippen molar-refractivity contribution < 1.29 is 9.53 Å². The average molecular weight is 295 g/mol. The summed E-state index contributed by atoms with van der Waals surface area (Å²) < 4.78 is 5.17. The van der Waals surface area contributed by atoms with Gasteiger partial charge in [-0.3, -0.25) is 9.69 Å². The minimum Gasteiger partial charge on any atom is -0.497 e. The smallest absolute Gasteiger partial charge is 0.183 e. The second-order valence-corrected chi connectivity index (χ2v) is 6.13. The van der Waals surface area contributed by atoms with Gasteiger partial charge in [-0.1, -0.05) is 24.3 Å². The highest BCUT2D eigenvalue weighted by atomic mass is 16.5. The second-order valence-electron chi connectivity index (χ2n) is 6.13. The van der Waals surface area contributed by atoms with Crippen molar-refractivity contribution in [2.24, 2.45) is 0 Å². The number of likely N-dealkylation sites (N-methyl/N-ethyl adjacent to an activating group) is 1. The van der Waals surface area contributed by atoms with Crippen molar-refractivity contribution in [3.63, 3.8) is 0 Å². The van der Waals surface area contributed by atoms with Gasteiger partial charge in [0.15, 0.2) is 5.78 Å². The lowest BCUT2D eigenvalue weighted by Crippen LogP contribution is -2.54. The van der Waals surface area contributed by atoms with Gasteiger partial charge in [0.2, 0.25) is 0 Å². The average Bonchev–Trinajstić information content (AvgIpc) is 2.55. The molecule has 1 unspecified atom stereocenters. The summed E-state index contributed by atoms with van der Waals surface area (Å²) in [7, 11) is 3.65. The molecule has 1 heterocycles. The first-order valence-electron chi connectivity index (χ1n) is 7.51. The predicted octanol–water partition coefficient (Wildman–Crippen LogP) is 3.32. The molecular formula is C19H21NO2. The molecule has 3 rings (SSSR count). The number of carbonyl (C=O) groups excluding carboxylic acids is 1. The number of hydrogen-bond donors (Lipinski definition) is 0. The van der Waals surface area contributed by atoms with Crippen LogP contribution in [0, 0.1) is 0 Å². The van der Waals surface area contributed by atoms with E-state index in [4.69, 9.17) is 4.74 Å². The van der Waals surface area contributed by atoms with E-state index in [9.17, 15) is 4.79 Å². The molecule has 1 atom stereocenters. The van der Waals surface area contributed by atoms with Crippen molar-refractivity contribution in [1.29, 1.82) is 0 Å². The Hall–Kier alpha value is -2.13. The van der Waals surface area contributed by atoms with E-state index < -0.39 is 5.54 Å². The highest BCUT2D eigenvalue weighted by Crippen LogP contribution is 2.32. The van der Waals surface area contributed by atoms with Crippen LogP contribution >= 0.6 is 0 Å². The maximum absolute atomic E-state index is 13.1. The fourth-order valence-electron chi connectivity index (χ4n) is 3.13. The Morgan fingerprint density at radius 3 is 2.36 bits per heavy atom. The van der Waals surface area contributed by atoms with Gasteiger partial charge < -0.3 is 4.74 Å². The van der Waals surface area contributed by atoms with Crippen LogP contribution in [0.3, 0.4) is 0 Å². The van der Waals surface area contributed by atoms with Gasteiger partial charge in [-0.05, 0) is 55.8 Å². The van der Waals surface area contributed by atoms with Crippen LogP contribution in [0.25, 0.3) is 0 Å². The molecule has 2 aromatic rings. The zero-order valence-corrected chi connectivity index (χ0v) is 13.3. The van der Waals surface area contributed by atoms with Gasteiger partial charge in [-0.15, -0.1) is 0 Å². The van der Waals surface area contributed by atoms with Crippen molar-refractivity contribution in [2.75, 3.05) is 14.2 Å². The zero-order chi connectivity index (χ0) is 15.7. The molecule has 0 aliphatic carbocycles. The molecule has 22 heavy (non-hydrogen) atoms. The van der Waals surface area contributed by atoms with E-state index in [0.29, 0.717) is 0 Å². The van der Waals surface area contributed by atoms with Crippen molar-refractivity contribution in [2.45, 2.75) is 25.4 Å². The van der Waals surface area contributed by atoms with E-state index in [1.165, 1.54) is 11.1 Å². The molecule has 0 saturated carbocycles. The molecule has 3 nitrogen and oxygen atoms in total. The third-order valence-corrected chi connectivity index (χ3v) is 4.74. The predicted molar refractivity (Wildman–Crippen MR) is 87.3 cm³/mol. The van der Waals surface area contributed by atoms with Crippen LogP contribution in [0.1, 0.15) is 28.4 Å². The summed E-state index contributed by atoms with van der Waals surface area (Å²) in [6.45, 7) is 2.84. The van der Waals surface area contributed by atoms with Crippen LogP contribution in [0.5, 0.6) is 5.75 Å². The molecular weight excluding hydrogens is 274 g/mol. The van der Waals surface area contributed by atoms with E-state index >= 15 is 0 Å². The highest BCUT2D eigenvalue weighted by molar-refractivity contribution is 6.03. The Bertz CT molecular complexity index is 693. The van der Waals surface area contributed by atoms with Crippen molar-refractivity contribution in [3.8, 4) is 5.75 Å². The largest absolute Gasteiger partial charge is 0.497 e. The summed E-state index contributed by atoms with van der Waals surface area (Å²) in [5, 5.41) is 0. The van der Waals surface area contributed by atoms with Crippen LogP contribution in [0.4, 0.5) is 0 Å². The van der Waals surface area contributed by atoms with Gasteiger partial charge in [-0.25, -0.2) is 0 Å². The molecule has 3 heteroatoms. The standard InChI is InChI=1S/C19H21NO2/c1-19(18(21)14-8-10-17(22-3)11-9-14)12-15-6-4-5-7-16(15)13-20(19)2/h4-11H,12-13H2,1-3H3. The number of benzene rings is 2.